The van der Waals surface area contributed by atoms with Crippen molar-refractivity contribution in [3.05, 3.63) is 0 Å². The van der Waals surface area contributed by atoms with E-state index in [0.29, 0.717) is 18.9 Å². The summed E-state index contributed by atoms with van der Waals surface area (Å²) in [6.45, 7) is 5.78. The van der Waals surface area contributed by atoms with Crippen LogP contribution in [0, 0.1) is 0 Å². The van der Waals surface area contributed by atoms with E-state index in [4.69, 9.17) is 0 Å². The number of amides is 2. The third-order valence-corrected chi connectivity index (χ3v) is 5.12. The Hall–Kier alpha value is -1.30. The quantitative estimate of drug-likeness (QED) is 0.719. The number of nitrogens with zero attached hydrogens (tertiary/aromatic N) is 1. The Balaban J connectivity index is 1.88. The van der Waals surface area contributed by atoms with Crippen LogP contribution in [0.2, 0.25) is 0 Å². The SMILES string of the molecule is CCC(CC)(NC(=O)NC1CCN2CCCC2C1)C(=O)O. The second kappa shape index (κ2) is 6.64. The molecule has 0 aromatic heterocycles. The minimum Gasteiger partial charge on any atom is -0.480 e. The van der Waals surface area contributed by atoms with E-state index < -0.39 is 11.5 Å². The first-order valence-corrected chi connectivity index (χ1v) is 8.07. The van der Waals surface area contributed by atoms with Crippen molar-refractivity contribution >= 4 is 12.0 Å². The van der Waals surface area contributed by atoms with Gasteiger partial charge in [0.15, 0.2) is 0 Å². The van der Waals surface area contributed by atoms with Gasteiger partial charge in [-0.25, -0.2) is 9.59 Å². The summed E-state index contributed by atoms with van der Waals surface area (Å²) in [5.41, 5.74) is -1.15. The number of nitrogens with one attached hydrogen (secondary N) is 2. The predicted molar refractivity (Wildman–Crippen MR) is 80.2 cm³/mol. The van der Waals surface area contributed by atoms with E-state index >= 15 is 0 Å². The van der Waals surface area contributed by atoms with Gasteiger partial charge in [-0.3, -0.25) is 0 Å². The van der Waals surface area contributed by atoms with E-state index in [-0.39, 0.29) is 12.1 Å². The van der Waals surface area contributed by atoms with E-state index in [9.17, 15) is 14.7 Å². The van der Waals surface area contributed by atoms with Crippen LogP contribution in [-0.2, 0) is 4.79 Å². The normalized spacial score (nSPS) is 26.2. The molecule has 0 spiro atoms. The van der Waals surface area contributed by atoms with Crippen LogP contribution in [0.1, 0.15) is 52.4 Å². The van der Waals surface area contributed by atoms with Crippen LogP contribution in [0.3, 0.4) is 0 Å². The third-order valence-electron chi connectivity index (χ3n) is 5.12. The number of hydrogen-bond donors (Lipinski definition) is 3. The molecule has 2 atom stereocenters. The summed E-state index contributed by atoms with van der Waals surface area (Å²) in [5, 5.41) is 15.0. The summed E-state index contributed by atoms with van der Waals surface area (Å²) < 4.78 is 0. The largest absolute Gasteiger partial charge is 0.480 e. The van der Waals surface area contributed by atoms with Crippen LogP contribution >= 0.6 is 0 Å². The number of carbonyl (C=O) groups excluding carboxylic acids is 1. The van der Waals surface area contributed by atoms with Gasteiger partial charge in [0, 0.05) is 18.6 Å². The molecule has 0 radical (unpaired) electrons. The minimum atomic E-state index is -1.15. The number of piperidine rings is 1. The van der Waals surface area contributed by atoms with Gasteiger partial charge >= 0.3 is 12.0 Å². The maximum absolute atomic E-state index is 12.1. The third kappa shape index (κ3) is 3.48. The molecular weight excluding hydrogens is 270 g/mol. The zero-order valence-corrected chi connectivity index (χ0v) is 13.0. The highest BCUT2D eigenvalue weighted by Crippen LogP contribution is 2.26. The first-order chi connectivity index (χ1) is 10.0. The standard InChI is InChI=1S/C15H27N3O3/c1-3-15(4-2,13(19)20)17-14(21)16-11-7-9-18-8-5-6-12(18)10-11/h11-12H,3-10H2,1-2H3,(H,19,20)(H2,16,17,21). The first kappa shape index (κ1) is 16.1. The Morgan fingerprint density at radius 3 is 2.57 bits per heavy atom. The molecule has 0 aromatic carbocycles. The Kier molecular flexibility index (Phi) is 5.08. The van der Waals surface area contributed by atoms with Crippen LogP contribution in [0.5, 0.6) is 0 Å². The highest BCUT2D eigenvalue weighted by molar-refractivity contribution is 5.86. The predicted octanol–water partition coefficient (Wildman–Crippen LogP) is 1.56. The summed E-state index contributed by atoms with van der Waals surface area (Å²) in [4.78, 5) is 26.0. The summed E-state index contributed by atoms with van der Waals surface area (Å²) in [5.74, 6) is -0.965. The first-order valence-electron chi connectivity index (χ1n) is 8.07. The molecule has 0 aromatic rings. The second-order valence-electron chi connectivity index (χ2n) is 6.25. The molecule has 0 bridgehead atoms. The van der Waals surface area contributed by atoms with E-state index in [1.54, 1.807) is 13.8 Å². The fourth-order valence-electron chi connectivity index (χ4n) is 3.58. The summed E-state index contributed by atoms with van der Waals surface area (Å²) in [6.07, 6.45) is 5.15. The Morgan fingerprint density at radius 1 is 1.24 bits per heavy atom. The molecule has 2 amide bonds. The van der Waals surface area contributed by atoms with Crippen molar-refractivity contribution in [1.29, 1.82) is 0 Å². The number of rotatable bonds is 5. The molecular formula is C15H27N3O3. The topological polar surface area (TPSA) is 81.7 Å². The van der Waals surface area contributed by atoms with Gasteiger partial charge in [0.05, 0.1) is 0 Å². The van der Waals surface area contributed by atoms with Gasteiger partial charge in [0.25, 0.3) is 0 Å². The zero-order chi connectivity index (χ0) is 15.5. The van der Waals surface area contributed by atoms with Gasteiger partial charge in [-0.05, 0) is 45.1 Å². The Labute approximate surface area is 126 Å². The average Bonchev–Trinajstić information content (AvgIpc) is 2.92. The van der Waals surface area contributed by atoms with E-state index in [0.717, 1.165) is 19.4 Å². The van der Waals surface area contributed by atoms with Crippen molar-refractivity contribution < 1.29 is 14.7 Å². The highest BCUT2D eigenvalue weighted by atomic mass is 16.4. The van der Waals surface area contributed by atoms with Crippen LogP contribution in [0.25, 0.3) is 0 Å². The van der Waals surface area contributed by atoms with Crippen molar-refractivity contribution in [2.24, 2.45) is 0 Å². The minimum absolute atomic E-state index is 0.157. The van der Waals surface area contributed by atoms with Crippen molar-refractivity contribution in [1.82, 2.24) is 15.5 Å². The number of aliphatic carboxylic acids is 1. The molecule has 120 valence electrons. The molecule has 3 N–H and O–H groups in total. The molecule has 2 heterocycles. The number of carbonyl (C=O) groups is 2. The number of urea groups is 1. The van der Waals surface area contributed by atoms with Gasteiger partial charge in [-0.1, -0.05) is 13.8 Å². The summed E-state index contributed by atoms with van der Waals surface area (Å²) in [7, 11) is 0. The van der Waals surface area contributed by atoms with Crippen molar-refractivity contribution in [2.75, 3.05) is 13.1 Å². The van der Waals surface area contributed by atoms with Crippen LogP contribution in [0.15, 0.2) is 0 Å². The summed E-state index contributed by atoms with van der Waals surface area (Å²) >= 11 is 0. The maximum atomic E-state index is 12.1. The Bertz CT molecular complexity index is 396. The molecule has 0 saturated carbocycles. The molecule has 6 nitrogen and oxygen atoms in total. The highest BCUT2D eigenvalue weighted by Gasteiger charge is 2.38. The lowest BCUT2D eigenvalue weighted by molar-refractivity contribution is -0.144. The van der Waals surface area contributed by atoms with Gasteiger partial charge < -0.3 is 20.6 Å². The molecule has 0 aliphatic carbocycles. The zero-order valence-electron chi connectivity index (χ0n) is 13.0. The maximum Gasteiger partial charge on any atom is 0.329 e. The number of hydrogen-bond acceptors (Lipinski definition) is 3. The Morgan fingerprint density at radius 2 is 1.95 bits per heavy atom. The molecule has 2 aliphatic heterocycles. The fraction of sp³-hybridized carbons (Fsp3) is 0.867. The van der Waals surface area contributed by atoms with Crippen LogP contribution in [-0.4, -0.2) is 52.7 Å². The number of carboxylic acids is 1. The van der Waals surface area contributed by atoms with Gasteiger partial charge in [0.1, 0.15) is 5.54 Å². The van der Waals surface area contributed by atoms with E-state index in [2.05, 4.69) is 15.5 Å². The molecule has 2 unspecified atom stereocenters. The lowest BCUT2D eigenvalue weighted by Crippen LogP contribution is -2.59. The summed E-state index contributed by atoms with van der Waals surface area (Å²) in [6, 6.07) is 0.396. The lowest BCUT2D eigenvalue weighted by Gasteiger charge is -2.36. The smallest absolute Gasteiger partial charge is 0.329 e. The van der Waals surface area contributed by atoms with E-state index in [1.807, 2.05) is 0 Å². The van der Waals surface area contributed by atoms with Crippen LogP contribution < -0.4 is 10.6 Å². The van der Waals surface area contributed by atoms with Crippen molar-refractivity contribution in [3.8, 4) is 0 Å². The van der Waals surface area contributed by atoms with Gasteiger partial charge in [-0.2, -0.15) is 0 Å². The molecule has 2 fully saturated rings. The van der Waals surface area contributed by atoms with Gasteiger partial charge in [-0.15, -0.1) is 0 Å². The van der Waals surface area contributed by atoms with Gasteiger partial charge in [0.2, 0.25) is 0 Å². The fourth-order valence-corrected chi connectivity index (χ4v) is 3.58. The molecule has 21 heavy (non-hydrogen) atoms. The monoisotopic (exact) mass is 297 g/mol. The average molecular weight is 297 g/mol. The van der Waals surface area contributed by atoms with Crippen molar-refractivity contribution in [3.63, 3.8) is 0 Å². The molecule has 2 rings (SSSR count). The van der Waals surface area contributed by atoms with Crippen molar-refractivity contribution in [2.45, 2.75) is 70.0 Å². The van der Waals surface area contributed by atoms with E-state index in [1.165, 1.54) is 19.4 Å². The second-order valence-corrected chi connectivity index (χ2v) is 6.25. The van der Waals surface area contributed by atoms with Crippen LogP contribution in [0.4, 0.5) is 4.79 Å². The lowest BCUT2D eigenvalue weighted by atomic mass is 9.93. The number of carboxylic acid groups (broad SMARTS) is 1. The molecule has 2 saturated heterocycles. The number of fused-ring (bicyclic) bond motifs is 1. The molecule has 6 heteroatoms. The molecule has 2 aliphatic rings.